The number of alkyl halides is 1. The van der Waals surface area contributed by atoms with E-state index in [0.29, 0.717) is 22.2 Å². The third-order valence-electron chi connectivity index (χ3n) is 10.1. The van der Waals surface area contributed by atoms with Crippen LogP contribution in [0.2, 0.25) is 0 Å². The van der Waals surface area contributed by atoms with E-state index in [2.05, 4.69) is 15.8 Å². The molecule has 7 rings (SSSR count). The number of thiazole rings is 1. The van der Waals surface area contributed by atoms with Crippen molar-refractivity contribution in [3.05, 3.63) is 160 Å². The third kappa shape index (κ3) is 10.1. The summed E-state index contributed by atoms with van der Waals surface area (Å²) >= 11 is 9.90. The normalized spacial score (nSPS) is 16.8. The van der Waals surface area contributed by atoms with Gasteiger partial charge in [0, 0.05) is 17.0 Å². The number of esters is 2. The minimum atomic E-state index is -1.24. The molecule has 0 spiro atoms. The molecular formula is C47H46ClN5O8S3. The van der Waals surface area contributed by atoms with Crippen LogP contribution in [0.4, 0.5) is 5.13 Å². The van der Waals surface area contributed by atoms with Gasteiger partial charge in [0.15, 0.2) is 10.8 Å². The number of fused-ring (bicyclic) bond motifs is 1. The molecule has 3 atom stereocenters. The number of carbonyl (C=O) groups is 4. The lowest BCUT2D eigenvalue weighted by Crippen LogP contribution is -2.71. The molecule has 332 valence electrons. The number of hydrogen-bond donors (Lipinski definition) is 2. The summed E-state index contributed by atoms with van der Waals surface area (Å²) in [4.78, 5) is 67.0. The second kappa shape index (κ2) is 20.4. The summed E-state index contributed by atoms with van der Waals surface area (Å²) in [6.45, 7) is 5.14. The molecule has 3 heterocycles. The Kier molecular flexibility index (Phi) is 14.7. The molecule has 0 saturated carbocycles. The number of carbonyl (C=O) groups excluding carboxylic acids is 4. The first-order valence-corrected chi connectivity index (χ1v) is 23.9. The van der Waals surface area contributed by atoms with Crippen LogP contribution in [0.5, 0.6) is 5.75 Å². The van der Waals surface area contributed by atoms with E-state index in [1.165, 1.54) is 28.0 Å². The number of nitrogens with zero attached hydrogens (tertiary/aromatic N) is 3. The van der Waals surface area contributed by atoms with E-state index in [1.54, 1.807) is 63.8 Å². The van der Waals surface area contributed by atoms with Crippen molar-refractivity contribution in [2.45, 2.75) is 55.4 Å². The number of halogens is 1. The SMILES string of the molecule is COc1ccc(COC(=O)C2=C(CCl)CSC3C(NC(=O)/C(=N\OC(SC)C(=O)OC(C)(C)C)c4csc(NC(c5ccccc5)(c5ccccc5)c5ccccc5)n4)C(=O)N23)cc1. The zero-order valence-corrected chi connectivity index (χ0v) is 38.8. The molecule has 1 fully saturated rings. The highest BCUT2D eigenvalue weighted by Crippen LogP contribution is 2.42. The van der Waals surface area contributed by atoms with Crippen molar-refractivity contribution in [2.24, 2.45) is 5.16 Å². The molecule has 13 nitrogen and oxygen atoms in total. The Hall–Kier alpha value is -5.81. The highest BCUT2D eigenvalue weighted by Gasteiger charge is 2.55. The number of rotatable bonds is 17. The smallest absolute Gasteiger partial charge is 0.361 e. The summed E-state index contributed by atoms with van der Waals surface area (Å²) in [5, 5.41) is 12.2. The highest BCUT2D eigenvalue weighted by molar-refractivity contribution is 8.00. The number of benzene rings is 4. The summed E-state index contributed by atoms with van der Waals surface area (Å²) in [5.74, 6) is -1.77. The molecule has 4 aromatic carbocycles. The fourth-order valence-corrected chi connectivity index (χ4v) is 9.94. The van der Waals surface area contributed by atoms with Gasteiger partial charge in [-0.1, -0.05) is 108 Å². The Morgan fingerprint density at radius 1 is 0.922 bits per heavy atom. The molecule has 0 aliphatic carbocycles. The number of hydrogen-bond acceptors (Lipinski definition) is 14. The first-order valence-electron chi connectivity index (χ1n) is 20.1. The van der Waals surface area contributed by atoms with Gasteiger partial charge in [0.05, 0.1) is 7.11 Å². The Morgan fingerprint density at radius 2 is 1.52 bits per heavy atom. The molecule has 2 aliphatic rings. The number of amides is 2. The van der Waals surface area contributed by atoms with Crippen LogP contribution in [0.25, 0.3) is 0 Å². The summed E-state index contributed by atoms with van der Waals surface area (Å²) in [7, 11) is 1.56. The summed E-state index contributed by atoms with van der Waals surface area (Å²) in [5.41, 5.74) is 0.954. The Bertz CT molecular complexity index is 2420. The van der Waals surface area contributed by atoms with Crippen molar-refractivity contribution in [3.8, 4) is 5.75 Å². The lowest BCUT2D eigenvalue weighted by atomic mass is 9.77. The van der Waals surface area contributed by atoms with Gasteiger partial charge in [-0.3, -0.25) is 14.5 Å². The first-order chi connectivity index (χ1) is 30.9. The largest absolute Gasteiger partial charge is 0.497 e. The highest BCUT2D eigenvalue weighted by atomic mass is 35.5. The van der Waals surface area contributed by atoms with Crippen LogP contribution < -0.4 is 15.4 Å². The minimum Gasteiger partial charge on any atom is -0.497 e. The van der Waals surface area contributed by atoms with Gasteiger partial charge >= 0.3 is 11.9 Å². The van der Waals surface area contributed by atoms with Crippen molar-refractivity contribution in [1.82, 2.24) is 15.2 Å². The molecule has 2 amide bonds. The fourth-order valence-electron chi connectivity index (χ4n) is 7.14. The molecule has 2 aliphatic heterocycles. The summed E-state index contributed by atoms with van der Waals surface area (Å²) in [6.07, 6.45) is 1.65. The Balaban J connectivity index is 1.18. The van der Waals surface area contributed by atoms with Gasteiger partial charge in [-0.05, 0) is 67.0 Å². The van der Waals surface area contributed by atoms with Crippen LogP contribution in [0, 0.1) is 0 Å². The van der Waals surface area contributed by atoms with Crippen LogP contribution in [0.15, 0.2) is 137 Å². The average Bonchev–Trinajstić information content (AvgIpc) is 3.78. The Labute approximate surface area is 388 Å². The first kappa shape index (κ1) is 46.2. The minimum absolute atomic E-state index is 0.00378. The van der Waals surface area contributed by atoms with Gasteiger partial charge in [-0.2, -0.15) is 0 Å². The summed E-state index contributed by atoms with van der Waals surface area (Å²) < 4.78 is 16.4. The lowest BCUT2D eigenvalue weighted by molar-refractivity contribution is -0.162. The molecule has 5 aromatic rings. The van der Waals surface area contributed by atoms with Gasteiger partial charge in [0.2, 0.25) is 0 Å². The predicted octanol–water partition coefficient (Wildman–Crippen LogP) is 7.94. The molecule has 0 bridgehead atoms. The van der Waals surface area contributed by atoms with Crippen LogP contribution in [-0.2, 0) is 45.6 Å². The van der Waals surface area contributed by atoms with Crippen LogP contribution in [0.3, 0.4) is 0 Å². The Morgan fingerprint density at radius 3 is 2.05 bits per heavy atom. The standard InChI is InChI=1S/C47H46ClN5O8S3/c1-46(2,3)60-43(57)44(62-5)61-52-36(35-28-64-45(49-35)51-47(31-15-9-6-10-16-31,32-17-11-7-12-18-32)33-19-13-8-14-20-33)39(54)50-37-40(55)53-38(30(25-48)27-63-41(37)53)42(56)59-26-29-21-23-34(58-4)24-22-29/h6-24,28,37,41,44H,25-27H2,1-5H3,(H,49,51)(H,50,54)/b52-36-. The molecular weight excluding hydrogens is 894 g/mol. The maximum Gasteiger partial charge on any atom is 0.361 e. The maximum atomic E-state index is 14.5. The number of ether oxygens (including phenoxy) is 3. The average molecular weight is 941 g/mol. The topological polar surface area (TPSA) is 158 Å². The third-order valence-corrected chi connectivity index (χ3v) is 13.3. The van der Waals surface area contributed by atoms with Gasteiger partial charge in [-0.15, -0.1) is 46.5 Å². The van der Waals surface area contributed by atoms with Crippen LogP contribution >= 0.6 is 46.5 Å². The van der Waals surface area contributed by atoms with Crippen molar-refractivity contribution in [1.29, 1.82) is 0 Å². The second-order valence-electron chi connectivity index (χ2n) is 15.5. The van der Waals surface area contributed by atoms with E-state index in [-0.39, 0.29) is 29.6 Å². The van der Waals surface area contributed by atoms with Crippen LogP contribution in [0.1, 0.15) is 48.7 Å². The van der Waals surface area contributed by atoms with Crippen molar-refractivity contribution < 1.29 is 38.2 Å². The number of β-lactam (4-membered cyclic amide) rings is 1. The van der Waals surface area contributed by atoms with E-state index in [9.17, 15) is 19.2 Å². The zero-order valence-electron chi connectivity index (χ0n) is 35.6. The van der Waals surface area contributed by atoms with E-state index in [0.717, 1.165) is 34.0 Å². The number of anilines is 1. The molecule has 3 unspecified atom stereocenters. The molecule has 1 saturated heterocycles. The van der Waals surface area contributed by atoms with Gasteiger partial charge in [0.25, 0.3) is 17.3 Å². The number of aromatic nitrogens is 1. The van der Waals surface area contributed by atoms with Crippen molar-refractivity contribution in [2.75, 3.05) is 30.3 Å². The van der Waals surface area contributed by atoms with Gasteiger partial charge < -0.3 is 29.7 Å². The van der Waals surface area contributed by atoms with E-state index in [1.807, 2.05) is 91.0 Å². The second-order valence-corrected chi connectivity index (χ2v) is 18.7. The van der Waals surface area contributed by atoms with E-state index < -0.39 is 51.7 Å². The lowest BCUT2D eigenvalue weighted by Gasteiger charge is -2.49. The number of oxime groups is 1. The van der Waals surface area contributed by atoms with Crippen molar-refractivity contribution >= 4 is 81.1 Å². The van der Waals surface area contributed by atoms with Crippen LogP contribution in [-0.4, -0.2) is 86.8 Å². The van der Waals surface area contributed by atoms with Crippen molar-refractivity contribution in [3.63, 3.8) is 0 Å². The zero-order chi connectivity index (χ0) is 45.4. The molecule has 0 radical (unpaired) electrons. The van der Waals surface area contributed by atoms with E-state index >= 15 is 0 Å². The predicted molar refractivity (Wildman–Crippen MR) is 251 cm³/mol. The molecule has 1 aromatic heterocycles. The molecule has 64 heavy (non-hydrogen) atoms. The summed E-state index contributed by atoms with van der Waals surface area (Å²) in [6, 6.07) is 35.9. The molecule has 2 N–H and O–H groups in total. The fraction of sp³-hybridized carbons (Fsp3) is 0.277. The van der Waals surface area contributed by atoms with Gasteiger partial charge in [-0.25, -0.2) is 14.6 Å². The number of methoxy groups -OCH3 is 1. The monoisotopic (exact) mass is 939 g/mol. The molecule has 17 heteroatoms. The number of nitrogens with one attached hydrogen (secondary N) is 2. The quantitative estimate of drug-likeness (QED) is 0.0177. The van der Waals surface area contributed by atoms with E-state index in [4.69, 9.17) is 35.6 Å². The number of thioether (sulfide) groups is 2. The maximum absolute atomic E-state index is 14.5. The van der Waals surface area contributed by atoms with Gasteiger partial charge in [0.1, 0.15) is 46.3 Å².